The van der Waals surface area contributed by atoms with E-state index in [0.29, 0.717) is 31.6 Å². The van der Waals surface area contributed by atoms with E-state index in [4.69, 9.17) is 4.74 Å². The highest BCUT2D eigenvalue weighted by Gasteiger charge is 2.65. The molecule has 4 aromatic rings. The maximum absolute atomic E-state index is 14.6. The summed E-state index contributed by atoms with van der Waals surface area (Å²) in [6, 6.07) is 24.9. The van der Waals surface area contributed by atoms with Gasteiger partial charge in [0.25, 0.3) is 5.91 Å². The minimum atomic E-state index is -1.26. The van der Waals surface area contributed by atoms with Crippen LogP contribution in [-0.2, 0) is 33.0 Å². The normalized spacial score (nSPS) is 24.8. The van der Waals surface area contributed by atoms with Gasteiger partial charge in [-0.3, -0.25) is 14.3 Å². The van der Waals surface area contributed by atoms with Gasteiger partial charge in [-0.05, 0) is 49.6 Å². The lowest BCUT2D eigenvalue weighted by molar-refractivity contribution is -0.146. The summed E-state index contributed by atoms with van der Waals surface area (Å²) in [5, 5.41) is 30.7. The van der Waals surface area contributed by atoms with Gasteiger partial charge < -0.3 is 24.7 Å². The van der Waals surface area contributed by atoms with Crippen molar-refractivity contribution in [1.29, 1.82) is 0 Å². The van der Waals surface area contributed by atoms with E-state index in [1.54, 1.807) is 34.5 Å². The van der Waals surface area contributed by atoms with E-state index in [-0.39, 0.29) is 23.7 Å². The average Bonchev–Trinajstić information content (AvgIpc) is 3.71. The van der Waals surface area contributed by atoms with Crippen molar-refractivity contribution >= 4 is 23.2 Å². The third-order valence-corrected chi connectivity index (χ3v) is 9.92. The Kier molecular flexibility index (Phi) is 7.54. The molecule has 0 radical (unpaired) electrons. The molecule has 10 heteroatoms. The molecule has 2 saturated heterocycles. The Morgan fingerprint density at radius 1 is 1.02 bits per heavy atom. The summed E-state index contributed by atoms with van der Waals surface area (Å²) in [6.45, 7) is 7.07. The van der Waals surface area contributed by atoms with Crippen molar-refractivity contribution in [3.05, 3.63) is 107 Å². The minimum Gasteiger partial charge on any atom is -0.390 e. The number of nitrogens with zero attached hydrogens (tertiary/aromatic N) is 5. The predicted octanol–water partition coefficient (Wildman–Crippen LogP) is 4.35. The molecule has 0 saturated carbocycles. The number of aryl methyl sites for hydroxylation is 1. The van der Waals surface area contributed by atoms with Crippen molar-refractivity contribution < 1.29 is 24.5 Å². The highest BCUT2D eigenvalue weighted by molar-refractivity contribution is 6.07. The molecule has 238 valence electrons. The van der Waals surface area contributed by atoms with Crippen LogP contribution in [0.5, 0.6) is 0 Å². The molecule has 3 aliphatic heterocycles. The largest absolute Gasteiger partial charge is 0.390 e. The molecule has 1 spiro atoms. The summed E-state index contributed by atoms with van der Waals surface area (Å²) in [4.78, 5) is 30.0. The molecule has 0 unspecified atom stereocenters. The Balaban J connectivity index is 1.14. The monoisotopic (exact) mass is 621 g/mol. The standard InChI is InChI=1S/C36H39N5O5/c1-23-32(35(2,3)45)30(17-19-39-22-28(37-38-39)33(43)25-9-5-4-6-10-25)46-36(23)27-11-7-8-12-29(27)41(34(36)44)21-24-13-15-26(16-14-24)40-20-18-31(40)42/h4-16,22-23,30,32-33,43,45H,17-21H2,1-3H3/t23-,30+,32-,33-,36+/m1/s1. The van der Waals surface area contributed by atoms with E-state index in [1.165, 1.54) is 0 Å². The second-order valence-electron chi connectivity index (χ2n) is 13.2. The summed E-state index contributed by atoms with van der Waals surface area (Å²) >= 11 is 0. The number of ether oxygens (including phenoxy) is 1. The van der Waals surface area contributed by atoms with E-state index < -0.39 is 23.4 Å². The molecular formula is C36H39N5O5. The lowest BCUT2D eigenvalue weighted by atomic mass is 9.71. The Morgan fingerprint density at radius 2 is 1.74 bits per heavy atom. The van der Waals surface area contributed by atoms with Gasteiger partial charge in [0, 0.05) is 42.6 Å². The minimum absolute atomic E-state index is 0.121. The van der Waals surface area contributed by atoms with E-state index >= 15 is 0 Å². The number of aliphatic hydroxyl groups is 2. The van der Waals surface area contributed by atoms with Gasteiger partial charge in [0.1, 0.15) is 11.8 Å². The summed E-state index contributed by atoms with van der Waals surface area (Å²) in [5.41, 5.74) is 2.21. The first-order chi connectivity index (χ1) is 22.1. The quantitative estimate of drug-likeness (QED) is 0.267. The molecule has 0 aliphatic carbocycles. The van der Waals surface area contributed by atoms with Gasteiger partial charge in [-0.1, -0.05) is 72.8 Å². The van der Waals surface area contributed by atoms with Crippen LogP contribution in [0, 0.1) is 11.8 Å². The number of amides is 2. The lowest BCUT2D eigenvalue weighted by Gasteiger charge is -2.34. The Hall–Kier alpha value is -4.38. The Bertz CT molecular complexity index is 1750. The van der Waals surface area contributed by atoms with Crippen LogP contribution in [0.3, 0.4) is 0 Å². The fraction of sp³-hybridized carbons (Fsp3) is 0.389. The number of hydrogen-bond acceptors (Lipinski definition) is 7. The number of aromatic nitrogens is 3. The molecular weight excluding hydrogens is 582 g/mol. The highest BCUT2D eigenvalue weighted by Crippen LogP contribution is 2.58. The van der Waals surface area contributed by atoms with Crippen molar-refractivity contribution in [3.63, 3.8) is 0 Å². The first kappa shape index (κ1) is 30.3. The van der Waals surface area contributed by atoms with Gasteiger partial charge in [-0.15, -0.1) is 5.10 Å². The highest BCUT2D eigenvalue weighted by atomic mass is 16.5. The lowest BCUT2D eigenvalue weighted by Crippen LogP contribution is -2.46. The molecule has 3 aliphatic rings. The zero-order valence-electron chi connectivity index (χ0n) is 26.3. The number of benzene rings is 3. The van der Waals surface area contributed by atoms with Gasteiger partial charge >= 0.3 is 0 Å². The number of anilines is 2. The van der Waals surface area contributed by atoms with Crippen molar-refractivity contribution in [2.24, 2.45) is 11.8 Å². The summed E-state index contributed by atoms with van der Waals surface area (Å²) in [6.07, 6.45) is 1.44. The first-order valence-electron chi connectivity index (χ1n) is 15.9. The molecule has 10 nitrogen and oxygen atoms in total. The van der Waals surface area contributed by atoms with Crippen LogP contribution < -0.4 is 9.80 Å². The third kappa shape index (κ3) is 5.01. The number of hydrogen-bond donors (Lipinski definition) is 2. The van der Waals surface area contributed by atoms with E-state index in [0.717, 1.165) is 34.6 Å². The van der Waals surface area contributed by atoms with Crippen LogP contribution in [0.15, 0.2) is 85.1 Å². The van der Waals surface area contributed by atoms with Crippen molar-refractivity contribution in [1.82, 2.24) is 15.0 Å². The van der Waals surface area contributed by atoms with Crippen LogP contribution in [0.4, 0.5) is 11.4 Å². The maximum Gasteiger partial charge on any atom is 0.264 e. The van der Waals surface area contributed by atoms with Crippen LogP contribution in [0.1, 0.15) is 62.1 Å². The second-order valence-corrected chi connectivity index (χ2v) is 13.2. The van der Waals surface area contributed by atoms with Crippen LogP contribution in [0.25, 0.3) is 0 Å². The number of carbonyl (C=O) groups excluding carboxylic acids is 2. The van der Waals surface area contributed by atoms with Crippen LogP contribution >= 0.6 is 0 Å². The maximum atomic E-state index is 14.6. The molecule has 5 atom stereocenters. The van der Waals surface area contributed by atoms with Crippen molar-refractivity contribution in [2.75, 3.05) is 16.3 Å². The number of β-lactam (4-membered cyclic amide) rings is 1. The van der Waals surface area contributed by atoms with Crippen LogP contribution in [0.2, 0.25) is 0 Å². The topological polar surface area (TPSA) is 121 Å². The van der Waals surface area contributed by atoms with E-state index in [2.05, 4.69) is 10.3 Å². The van der Waals surface area contributed by atoms with Gasteiger partial charge in [-0.25, -0.2) is 0 Å². The van der Waals surface area contributed by atoms with Gasteiger partial charge in [0.2, 0.25) is 5.91 Å². The molecule has 46 heavy (non-hydrogen) atoms. The SMILES string of the molecule is C[C@@H]1[C@@H](C(C)(C)O)[C@H](CCn2cc([C@H](O)c3ccccc3)nn2)O[C@@]12C(=O)N(Cc1ccc(N3CCC3=O)cc1)c1ccccc12. The zero-order valence-corrected chi connectivity index (χ0v) is 26.3. The number of para-hydroxylation sites is 1. The molecule has 1 aromatic heterocycles. The molecule has 0 bridgehead atoms. The molecule has 2 amide bonds. The fourth-order valence-electron chi connectivity index (χ4n) is 7.62. The zero-order chi connectivity index (χ0) is 32.2. The summed E-state index contributed by atoms with van der Waals surface area (Å²) in [7, 11) is 0. The van der Waals surface area contributed by atoms with Crippen molar-refractivity contribution in [2.45, 2.75) is 70.1 Å². The predicted molar refractivity (Wildman–Crippen MR) is 172 cm³/mol. The molecule has 3 aromatic carbocycles. The van der Waals surface area contributed by atoms with Crippen molar-refractivity contribution in [3.8, 4) is 0 Å². The van der Waals surface area contributed by atoms with E-state index in [9.17, 15) is 19.8 Å². The molecule has 2 N–H and O–H groups in total. The number of carbonyl (C=O) groups is 2. The number of aliphatic hydroxyl groups excluding tert-OH is 1. The molecule has 2 fully saturated rings. The number of rotatable bonds is 9. The summed E-state index contributed by atoms with van der Waals surface area (Å²) in [5.74, 6) is -0.706. The average molecular weight is 622 g/mol. The van der Waals surface area contributed by atoms with E-state index in [1.807, 2.05) is 85.8 Å². The summed E-state index contributed by atoms with van der Waals surface area (Å²) < 4.78 is 8.57. The van der Waals surface area contributed by atoms with Gasteiger partial charge in [-0.2, -0.15) is 0 Å². The number of fused-ring (bicyclic) bond motifs is 2. The molecule has 7 rings (SSSR count). The Labute approximate surface area is 268 Å². The molecule has 4 heterocycles. The smallest absolute Gasteiger partial charge is 0.264 e. The van der Waals surface area contributed by atoms with Crippen LogP contribution in [-0.4, -0.2) is 55.3 Å². The second kappa shape index (κ2) is 11.5. The van der Waals surface area contributed by atoms with Gasteiger partial charge in [0.15, 0.2) is 5.60 Å². The van der Waals surface area contributed by atoms with Gasteiger partial charge in [0.05, 0.1) is 30.1 Å². The Morgan fingerprint density at radius 3 is 2.41 bits per heavy atom. The third-order valence-electron chi connectivity index (χ3n) is 9.92. The fourth-order valence-corrected chi connectivity index (χ4v) is 7.62. The first-order valence-corrected chi connectivity index (χ1v) is 15.9.